The lowest BCUT2D eigenvalue weighted by molar-refractivity contribution is -0.130. The number of halogens is 1. The van der Waals surface area contributed by atoms with Gasteiger partial charge in [-0.15, -0.1) is 0 Å². The minimum absolute atomic E-state index is 0.120. The standard InChI is InChI=1S/C20H17ClN4O3S/c21-12-5-6-16-14(9-12)15-11-25(8-7-17(15)23-16)19(26)10-22-20-13-3-1-2-4-18(13)29(27,28)24-20/h1-6,9,23H,7-8,10-11H2,(H,22,24). The highest BCUT2D eigenvalue weighted by atomic mass is 35.5. The Morgan fingerprint density at radius 3 is 2.90 bits per heavy atom. The molecule has 0 bridgehead atoms. The Morgan fingerprint density at radius 2 is 2.03 bits per heavy atom. The molecular formula is C20H17ClN4O3S. The number of H-pyrrole nitrogens is 1. The quantitative estimate of drug-likeness (QED) is 0.656. The first-order valence-electron chi connectivity index (χ1n) is 9.16. The molecule has 0 aliphatic carbocycles. The lowest BCUT2D eigenvalue weighted by atomic mass is 10.0. The number of hydrogen-bond acceptors (Lipinski definition) is 4. The number of carbonyl (C=O) groups is 1. The zero-order chi connectivity index (χ0) is 20.2. The van der Waals surface area contributed by atoms with Crippen LogP contribution >= 0.6 is 11.6 Å². The van der Waals surface area contributed by atoms with E-state index in [2.05, 4.69) is 14.7 Å². The summed E-state index contributed by atoms with van der Waals surface area (Å²) >= 11 is 6.14. The van der Waals surface area contributed by atoms with Gasteiger partial charge in [-0.3, -0.25) is 14.5 Å². The Hall–Kier alpha value is -2.84. The molecule has 0 atom stereocenters. The average molecular weight is 429 g/mol. The van der Waals surface area contributed by atoms with Crippen LogP contribution in [-0.2, 0) is 27.8 Å². The summed E-state index contributed by atoms with van der Waals surface area (Å²) in [5, 5.41) is 1.68. The number of amidine groups is 1. The summed E-state index contributed by atoms with van der Waals surface area (Å²) in [6, 6.07) is 12.3. The number of hydrogen-bond donors (Lipinski definition) is 2. The summed E-state index contributed by atoms with van der Waals surface area (Å²) in [7, 11) is -3.61. The van der Waals surface area contributed by atoms with Crippen molar-refractivity contribution < 1.29 is 13.2 Å². The van der Waals surface area contributed by atoms with E-state index in [1.807, 2.05) is 18.2 Å². The molecule has 1 amide bonds. The number of carbonyl (C=O) groups excluding carboxylic acids is 1. The summed E-state index contributed by atoms with van der Waals surface area (Å²) in [5.74, 6) is 0.0635. The molecule has 1 aromatic heterocycles. The van der Waals surface area contributed by atoms with Gasteiger partial charge in [0, 0.05) is 52.3 Å². The number of sulfonamides is 1. The number of amides is 1. The third kappa shape index (κ3) is 3.08. The fraction of sp³-hybridized carbons (Fsp3) is 0.200. The highest BCUT2D eigenvalue weighted by Crippen LogP contribution is 2.30. The lowest BCUT2D eigenvalue weighted by Gasteiger charge is -2.26. The van der Waals surface area contributed by atoms with E-state index in [1.54, 1.807) is 23.1 Å². The van der Waals surface area contributed by atoms with E-state index in [-0.39, 0.29) is 23.2 Å². The zero-order valence-corrected chi connectivity index (χ0v) is 16.8. The smallest absolute Gasteiger partial charge is 0.263 e. The summed E-state index contributed by atoms with van der Waals surface area (Å²) in [4.78, 5) is 22.4. The Labute approximate surface area is 172 Å². The Balaban J connectivity index is 1.37. The van der Waals surface area contributed by atoms with Gasteiger partial charge in [-0.1, -0.05) is 23.7 Å². The summed E-state index contributed by atoms with van der Waals surface area (Å²) < 4.78 is 26.8. The van der Waals surface area contributed by atoms with Crippen LogP contribution in [0.25, 0.3) is 10.9 Å². The van der Waals surface area contributed by atoms with Crippen LogP contribution < -0.4 is 4.72 Å². The minimum Gasteiger partial charge on any atom is -0.358 e. The highest BCUT2D eigenvalue weighted by Gasteiger charge is 2.30. The maximum absolute atomic E-state index is 12.8. The van der Waals surface area contributed by atoms with Crippen molar-refractivity contribution in [1.29, 1.82) is 0 Å². The van der Waals surface area contributed by atoms with Crippen molar-refractivity contribution >= 4 is 44.3 Å². The second-order valence-corrected chi connectivity index (χ2v) is 9.19. The van der Waals surface area contributed by atoms with Crippen LogP contribution in [0.4, 0.5) is 0 Å². The number of nitrogens with one attached hydrogen (secondary N) is 2. The molecule has 3 heterocycles. The summed E-state index contributed by atoms with van der Waals surface area (Å²) in [6.45, 7) is 0.936. The van der Waals surface area contributed by atoms with Gasteiger partial charge < -0.3 is 9.88 Å². The average Bonchev–Trinajstić information content (AvgIpc) is 3.20. The third-order valence-electron chi connectivity index (χ3n) is 5.33. The molecule has 0 saturated carbocycles. The molecule has 5 rings (SSSR count). The molecule has 2 aliphatic rings. The Kier molecular flexibility index (Phi) is 4.15. The highest BCUT2D eigenvalue weighted by molar-refractivity contribution is 7.90. The van der Waals surface area contributed by atoms with Gasteiger partial charge in [0.05, 0.1) is 4.90 Å². The number of benzene rings is 2. The van der Waals surface area contributed by atoms with E-state index >= 15 is 0 Å². The maximum atomic E-state index is 12.8. The molecule has 0 unspecified atom stereocenters. The third-order valence-corrected chi connectivity index (χ3v) is 6.96. The van der Waals surface area contributed by atoms with E-state index in [4.69, 9.17) is 11.6 Å². The molecule has 29 heavy (non-hydrogen) atoms. The number of aromatic nitrogens is 1. The molecule has 3 aromatic rings. The molecule has 2 aromatic carbocycles. The molecule has 0 fully saturated rings. The van der Waals surface area contributed by atoms with Crippen molar-refractivity contribution in [1.82, 2.24) is 14.6 Å². The first-order chi connectivity index (χ1) is 13.9. The van der Waals surface area contributed by atoms with Gasteiger partial charge in [-0.2, -0.15) is 0 Å². The zero-order valence-electron chi connectivity index (χ0n) is 15.3. The van der Waals surface area contributed by atoms with Crippen LogP contribution in [0.15, 0.2) is 52.4 Å². The molecular weight excluding hydrogens is 412 g/mol. The topological polar surface area (TPSA) is 94.6 Å². The van der Waals surface area contributed by atoms with Crippen molar-refractivity contribution in [2.24, 2.45) is 4.99 Å². The molecule has 0 radical (unpaired) electrons. The van der Waals surface area contributed by atoms with E-state index in [9.17, 15) is 13.2 Å². The van der Waals surface area contributed by atoms with Gasteiger partial charge >= 0.3 is 0 Å². The largest absolute Gasteiger partial charge is 0.358 e. The van der Waals surface area contributed by atoms with E-state index in [0.717, 1.165) is 28.6 Å². The maximum Gasteiger partial charge on any atom is 0.263 e. The monoisotopic (exact) mass is 428 g/mol. The van der Waals surface area contributed by atoms with E-state index in [0.29, 0.717) is 23.7 Å². The fourth-order valence-electron chi connectivity index (χ4n) is 3.90. The molecule has 0 spiro atoms. The predicted molar refractivity (Wildman–Crippen MR) is 111 cm³/mol. The minimum atomic E-state index is -3.61. The molecule has 2 aliphatic heterocycles. The van der Waals surface area contributed by atoms with Crippen LogP contribution in [0.2, 0.25) is 5.02 Å². The van der Waals surface area contributed by atoms with Crippen LogP contribution in [0, 0.1) is 0 Å². The summed E-state index contributed by atoms with van der Waals surface area (Å²) in [5.41, 5.74) is 3.69. The fourth-order valence-corrected chi connectivity index (χ4v) is 5.32. The number of fused-ring (bicyclic) bond motifs is 4. The van der Waals surface area contributed by atoms with Crippen molar-refractivity contribution in [3.05, 3.63) is 64.3 Å². The molecule has 0 saturated heterocycles. The molecule has 9 heteroatoms. The van der Waals surface area contributed by atoms with E-state index in [1.165, 1.54) is 6.07 Å². The Bertz CT molecular complexity index is 1300. The normalized spacial score (nSPS) is 18.5. The first kappa shape index (κ1) is 18.2. The van der Waals surface area contributed by atoms with Gasteiger partial charge in [0.1, 0.15) is 12.4 Å². The van der Waals surface area contributed by atoms with Gasteiger partial charge in [0.25, 0.3) is 10.0 Å². The van der Waals surface area contributed by atoms with Crippen molar-refractivity contribution in [2.45, 2.75) is 17.9 Å². The van der Waals surface area contributed by atoms with Gasteiger partial charge in [0.15, 0.2) is 0 Å². The van der Waals surface area contributed by atoms with Crippen LogP contribution in [0.1, 0.15) is 16.8 Å². The number of rotatable bonds is 2. The van der Waals surface area contributed by atoms with Crippen LogP contribution in [0.5, 0.6) is 0 Å². The lowest BCUT2D eigenvalue weighted by Crippen LogP contribution is -2.37. The van der Waals surface area contributed by atoms with Gasteiger partial charge in [-0.05, 0) is 30.3 Å². The van der Waals surface area contributed by atoms with Gasteiger partial charge in [0.2, 0.25) is 5.91 Å². The summed E-state index contributed by atoms with van der Waals surface area (Å²) in [6.07, 6.45) is 0.722. The second-order valence-electron chi connectivity index (χ2n) is 7.10. The van der Waals surface area contributed by atoms with Gasteiger partial charge in [-0.25, -0.2) is 8.42 Å². The SMILES string of the molecule is O=C(CN=C1NS(=O)(=O)c2ccccc21)N1CCc2[nH]c3ccc(Cl)cc3c2C1. The molecule has 7 nitrogen and oxygen atoms in total. The molecule has 148 valence electrons. The first-order valence-corrected chi connectivity index (χ1v) is 11.0. The predicted octanol–water partition coefficient (Wildman–Crippen LogP) is 2.44. The van der Waals surface area contributed by atoms with Crippen molar-refractivity contribution in [2.75, 3.05) is 13.1 Å². The Morgan fingerprint density at radius 1 is 1.21 bits per heavy atom. The van der Waals surface area contributed by atoms with Crippen LogP contribution in [0.3, 0.4) is 0 Å². The van der Waals surface area contributed by atoms with E-state index < -0.39 is 10.0 Å². The molecule has 2 N–H and O–H groups in total. The number of aromatic amines is 1. The number of nitrogens with zero attached hydrogens (tertiary/aromatic N) is 2. The van der Waals surface area contributed by atoms with Crippen molar-refractivity contribution in [3.8, 4) is 0 Å². The second kappa shape index (κ2) is 6.60. The van der Waals surface area contributed by atoms with Crippen LogP contribution in [-0.4, -0.2) is 43.1 Å². The van der Waals surface area contributed by atoms with Crippen molar-refractivity contribution in [3.63, 3.8) is 0 Å². The number of aliphatic imine (C=N–C) groups is 1.